The third kappa shape index (κ3) is 4.01. The van der Waals surface area contributed by atoms with Crippen molar-refractivity contribution in [1.29, 1.82) is 0 Å². The van der Waals surface area contributed by atoms with Gasteiger partial charge in [-0.1, -0.05) is 41.6 Å². The van der Waals surface area contributed by atoms with Gasteiger partial charge in [-0.25, -0.2) is 4.79 Å². The van der Waals surface area contributed by atoms with Crippen LogP contribution in [0.4, 0.5) is 4.79 Å². The topological polar surface area (TPSA) is 108 Å². The quantitative estimate of drug-likeness (QED) is 0.438. The van der Waals surface area contributed by atoms with Crippen molar-refractivity contribution in [2.45, 2.75) is 25.5 Å². The van der Waals surface area contributed by atoms with E-state index >= 15 is 0 Å². The summed E-state index contributed by atoms with van der Waals surface area (Å²) in [5.41, 5.74) is 4.24. The molecule has 152 valence electrons. The Kier molecular flexibility index (Phi) is 5.45. The molecule has 0 fully saturated rings. The number of rotatable bonds is 6. The number of pyridine rings is 1. The third-order valence-corrected chi connectivity index (χ3v) is 5.01. The van der Waals surface area contributed by atoms with E-state index in [9.17, 15) is 15.0 Å². The first-order valence-electron chi connectivity index (χ1n) is 9.59. The van der Waals surface area contributed by atoms with E-state index in [2.05, 4.69) is 15.5 Å². The SMILES string of the molecule is CC(O)c1ccc2c(-c3ccccc3C(Cc3ccccn3)NC(=O)O)noc2c1. The summed E-state index contributed by atoms with van der Waals surface area (Å²) >= 11 is 0. The molecule has 2 atom stereocenters. The predicted octanol–water partition coefficient (Wildman–Crippen LogP) is 4.49. The van der Waals surface area contributed by atoms with Crippen molar-refractivity contribution >= 4 is 17.1 Å². The van der Waals surface area contributed by atoms with Gasteiger partial charge in [-0.3, -0.25) is 4.98 Å². The van der Waals surface area contributed by atoms with Crippen LogP contribution >= 0.6 is 0 Å². The van der Waals surface area contributed by atoms with Crippen LogP contribution in [0, 0.1) is 0 Å². The molecule has 0 aliphatic carbocycles. The molecule has 0 aliphatic heterocycles. The molecule has 4 rings (SSSR count). The van der Waals surface area contributed by atoms with E-state index in [-0.39, 0.29) is 0 Å². The van der Waals surface area contributed by atoms with Crippen LogP contribution in [-0.4, -0.2) is 26.4 Å². The van der Waals surface area contributed by atoms with E-state index in [1.807, 2.05) is 54.6 Å². The van der Waals surface area contributed by atoms with Crippen LogP contribution in [-0.2, 0) is 6.42 Å². The number of benzene rings is 2. The second-order valence-electron chi connectivity index (χ2n) is 7.08. The minimum absolute atomic E-state index is 0.395. The molecule has 3 N–H and O–H groups in total. The van der Waals surface area contributed by atoms with Gasteiger partial charge in [-0.2, -0.15) is 0 Å². The van der Waals surface area contributed by atoms with E-state index < -0.39 is 18.2 Å². The van der Waals surface area contributed by atoms with E-state index in [4.69, 9.17) is 4.52 Å². The third-order valence-electron chi connectivity index (χ3n) is 5.01. The number of aliphatic hydroxyl groups excluding tert-OH is 1. The Bertz CT molecular complexity index is 1170. The van der Waals surface area contributed by atoms with Gasteiger partial charge < -0.3 is 20.1 Å². The van der Waals surface area contributed by atoms with Crippen molar-refractivity contribution in [2.24, 2.45) is 0 Å². The van der Waals surface area contributed by atoms with Crippen LogP contribution in [0.3, 0.4) is 0 Å². The van der Waals surface area contributed by atoms with E-state index in [0.717, 1.165) is 27.8 Å². The largest absolute Gasteiger partial charge is 0.465 e. The first kappa shape index (κ1) is 19.6. The zero-order valence-electron chi connectivity index (χ0n) is 16.3. The molecule has 0 radical (unpaired) electrons. The van der Waals surface area contributed by atoms with Crippen molar-refractivity contribution in [3.05, 3.63) is 83.7 Å². The fraction of sp³-hybridized carbons (Fsp3) is 0.174. The lowest BCUT2D eigenvalue weighted by molar-refractivity contribution is 0.189. The molecule has 4 aromatic rings. The number of carbonyl (C=O) groups is 1. The molecule has 0 saturated heterocycles. The van der Waals surface area contributed by atoms with Gasteiger partial charge in [0.05, 0.1) is 12.1 Å². The first-order valence-corrected chi connectivity index (χ1v) is 9.59. The fourth-order valence-corrected chi connectivity index (χ4v) is 3.54. The summed E-state index contributed by atoms with van der Waals surface area (Å²) in [4.78, 5) is 15.8. The highest BCUT2D eigenvalue weighted by molar-refractivity contribution is 5.92. The van der Waals surface area contributed by atoms with Gasteiger partial charge in [0.2, 0.25) is 0 Å². The highest BCUT2D eigenvalue weighted by atomic mass is 16.5. The van der Waals surface area contributed by atoms with Gasteiger partial charge >= 0.3 is 6.09 Å². The maximum absolute atomic E-state index is 11.5. The summed E-state index contributed by atoms with van der Waals surface area (Å²) in [7, 11) is 0. The second kappa shape index (κ2) is 8.34. The zero-order valence-corrected chi connectivity index (χ0v) is 16.3. The summed E-state index contributed by atoms with van der Waals surface area (Å²) in [6, 6.07) is 18.0. The maximum Gasteiger partial charge on any atom is 0.405 e. The van der Waals surface area contributed by atoms with E-state index in [1.54, 1.807) is 19.2 Å². The number of hydrogen-bond acceptors (Lipinski definition) is 5. The van der Waals surface area contributed by atoms with Crippen molar-refractivity contribution in [2.75, 3.05) is 0 Å². The Labute approximate surface area is 173 Å². The molecular weight excluding hydrogens is 382 g/mol. The molecule has 2 aromatic carbocycles. The molecule has 2 heterocycles. The lowest BCUT2D eigenvalue weighted by atomic mass is 9.93. The monoisotopic (exact) mass is 403 g/mol. The first-order chi connectivity index (χ1) is 14.5. The number of aliphatic hydroxyl groups is 1. The molecule has 0 spiro atoms. The van der Waals surface area contributed by atoms with Crippen LogP contribution in [0.2, 0.25) is 0 Å². The molecule has 30 heavy (non-hydrogen) atoms. The number of nitrogens with zero attached hydrogens (tertiary/aromatic N) is 2. The molecule has 2 aromatic heterocycles. The normalized spacial score (nSPS) is 13.1. The lowest BCUT2D eigenvalue weighted by Gasteiger charge is -2.20. The standard InChI is InChI=1S/C23H21N3O4/c1-14(27)15-9-10-19-21(12-15)30-26-22(19)18-8-3-2-7-17(18)20(25-23(28)29)13-16-6-4-5-11-24-16/h2-12,14,20,25,27H,13H2,1H3,(H,28,29). The molecule has 0 saturated carbocycles. The van der Waals surface area contributed by atoms with Gasteiger partial charge in [0.15, 0.2) is 5.58 Å². The number of amides is 1. The maximum atomic E-state index is 11.5. The summed E-state index contributed by atoms with van der Waals surface area (Å²) in [6.07, 6.45) is 0.353. The van der Waals surface area contributed by atoms with Crippen LogP contribution in [0.1, 0.15) is 35.9 Å². The van der Waals surface area contributed by atoms with Gasteiger partial charge in [0, 0.05) is 29.3 Å². The summed E-state index contributed by atoms with van der Waals surface area (Å²) in [5.74, 6) is 0. The molecule has 7 heteroatoms. The number of hydrogen-bond donors (Lipinski definition) is 3. The summed E-state index contributed by atoms with van der Waals surface area (Å²) < 4.78 is 5.52. The minimum Gasteiger partial charge on any atom is -0.465 e. The second-order valence-corrected chi connectivity index (χ2v) is 7.08. The van der Waals surface area contributed by atoms with Gasteiger partial charge in [-0.15, -0.1) is 0 Å². The van der Waals surface area contributed by atoms with Crippen LogP contribution < -0.4 is 5.32 Å². The van der Waals surface area contributed by atoms with Gasteiger partial charge in [0.1, 0.15) is 5.69 Å². The van der Waals surface area contributed by atoms with Crippen molar-refractivity contribution in [3.63, 3.8) is 0 Å². The van der Waals surface area contributed by atoms with Crippen molar-refractivity contribution in [1.82, 2.24) is 15.5 Å². The van der Waals surface area contributed by atoms with Crippen molar-refractivity contribution < 1.29 is 19.5 Å². The number of aromatic nitrogens is 2. The lowest BCUT2D eigenvalue weighted by Crippen LogP contribution is -2.29. The summed E-state index contributed by atoms with van der Waals surface area (Å²) in [5, 5.41) is 26.9. The zero-order chi connectivity index (χ0) is 21.1. The molecule has 0 aliphatic rings. The Balaban J connectivity index is 1.79. The minimum atomic E-state index is -1.11. The van der Waals surface area contributed by atoms with Crippen molar-refractivity contribution in [3.8, 4) is 11.3 Å². The Morgan fingerprint density at radius 1 is 1.13 bits per heavy atom. The highest BCUT2D eigenvalue weighted by Gasteiger charge is 2.22. The molecule has 2 unspecified atom stereocenters. The molecular formula is C23H21N3O4. The van der Waals surface area contributed by atoms with E-state index in [0.29, 0.717) is 17.7 Å². The molecule has 7 nitrogen and oxygen atoms in total. The summed E-state index contributed by atoms with van der Waals surface area (Å²) in [6.45, 7) is 1.69. The molecule has 1 amide bonds. The predicted molar refractivity (Wildman–Crippen MR) is 112 cm³/mol. The van der Waals surface area contributed by atoms with Crippen LogP contribution in [0.5, 0.6) is 0 Å². The average molecular weight is 403 g/mol. The fourth-order valence-electron chi connectivity index (χ4n) is 3.54. The van der Waals surface area contributed by atoms with E-state index in [1.165, 1.54) is 0 Å². The number of fused-ring (bicyclic) bond motifs is 1. The van der Waals surface area contributed by atoms with Crippen LogP contribution in [0.25, 0.3) is 22.2 Å². The van der Waals surface area contributed by atoms with Gasteiger partial charge in [-0.05, 0) is 42.3 Å². The number of carboxylic acid groups (broad SMARTS) is 1. The number of nitrogens with one attached hydrogen (secondary N) is 1. The van der Waals surface area contributed by atoms with Crippen LogP contribution in [0.15, 0.2) is 71.4 Å². The average Bonchev–Trinajstić information content (AvgIpc) is 3.17. The smallest absolute Gasteiger partial charge is 0.405 e. The molecule has 0 bridgehead atoms. The Morgan fingerprint density at radius 3 is 2.67 bits per heavy atom. The highest BCUT2D eigenvalue weighted by Crippen LogP contribution is 2.35. The Morgan fingerprint density at radius 2 is 1.93 bits per heavy atom. The Hall–Kier alpha value is -3.71. The van der Waals surface area contributed by atoms with Gasteiger partial charge in [0.25, 0.3) is 0 Å².